The molecule has 2 aromatic heterocycles. The molecule has 4 amide bonds. The predicted molar refractivity (Wildman–Crippen MR) is 239 cm³/mol. The van der Waals surface area contributed by atoms with Crippen LogP contribution in [0.15, 0.2) is 47.4 Å². The average Bonchev–Trinajstić information content (AvgIpc) is 3.61. The van der Waals surface area contributed by atoms with E-state index in [1.807, 2.05) is 32.0 Å². The normalized spacial score (nSPS) is 22.5. The number of carbonyl (C=O) groups is 4. The van der Waals surface area contributed by atoms with Crippen LogP contribution in [0.5, 0.6) is 5.75 Å². The molecule has 3 saturated heterocycles. The van der Waals surface area contributed by atoms with E-state index >= 15 is 4.39 Å². The van der Waals surface area contributed by atoms with Gasteiger partial charge in [0.1, 0.15) is 16.9 Å². The Balaban J connectivity index is 0.755. The van der Waals surface area contributed by atoms with Crippen LogP contribution in [0.3, 0.4) is 0 Å². The van der Waals surface area contributed by atoms with E-state index in [2.05, 4.69) is 30.7 Å². The number of ether oxygens (including phenoxy) is 2. The van der Waals surface area contributed by atoms with Gasteiger partial charge in [0.05, 0.1) is 36.1 Å². The fourth-order valence-electron chi connectivity index (χ4n) is 9.87. The zero-order chi connectivity index (χ0) is 45.7. The second-order valence-corrected chi connectivity index (χ2v) is 18.4. The molecule has 65 heavy (non-hydrogen) atoms. The number of fused-ring (bicyclic) bond motifs is 2. The molecule has 9 rings (SSSR count). The fraction of sp³-hybridized carbons (Fsp3) is 0.500. The number of nitrogens with zero attached hydrogens (tertiary/aromatic N) is 6. The van der Waals surface area contributed by atoms with E-state index in [0.717, 1.165) is 36.6 Å². The van der Waals surface area contributed by atoms with Crippen LogP contribution >= 0.6 is 11.6 Å². The topological polar surface area (TPSA) is 201 Å². The molecule has 4 N–H and O–H groups in total. The summed E-state index contributed by atoms with van der Waals surface area (Å²) < 4.78 is 29.9. The number of hydrogen-bond donors (Lipinski definition) is 4. The second-order valence-electron chi connectivity index (χ2n) is 18.0. The largest absolute Gasteiger partial charge is 0.478 e. The molecule has 4 fully saturated rings. The van der Waals surface area contributed by atoms with E-state index in [4.69, 9.17) is 26.1 Å². The summed E-state index contributed by atoms with van der Waals surface area (Å²) in [6.45, 7) is 6.06. The summed E-state index contributed by atoms with van der Waals surface area (Å²) in [6, 6.07) is 9.59. The Bertz CT molecular complexity index is 2610. The summed E-state index contributed by atoms with van der Waals surface area (Å²) in [7, 11) is 1.50. The van der Waals surface area contributed by atoms with Crippen molar-refractivity contribution in [1.29, 1.82) is 0 Å². The van der Waals surface area contributed by atoms with Crippen molar-refractivity contribution in [2.75, 3.05) is 50.1 Å². The number of pyridine rings is 1. The third-order valence-electron chi connectivity index (χ3n) is 13.6. The maximum absolute atomic E-state index is 16.1. The number of anilines is 3. The molecule has 0 spiro atoms. The molecule has 6 heterocycles. The molecule has 1 atom stereocenters. The lowest BCUT2D eigenvalue weighted by molar-refractivity contribution is -0.137. The molecule has 2 aromatic carbocycles. The van der Waals surface area contributed by atoms with Gasteiger partial charge < -0.3 is 39.6 Å². The number of amides is 4. The molecule has 4 aliphatic heterocycles. The van der Waals surface area contributed by atoms with Crippen LogP contribution < -0.4 is 31.1 Å². The second kappa shape index (κ2) is 17.9. The van der Waals surface area contributed by atoms with Gasteiger partial charge in [-0.1, -0.05) is 17.7 Å². The molecule has 19 heteroatoms. The van der Waals surface area contributed by atoms with Crippen molar-refractivity contribution in [3.63, 3.8) is 0 Å². The summed E-state index contributed by atoms with van der Waals surface area (Å²) in [4.78, 5) is 77.5. The smallest absolute Gasteiger partial charge is 0.293 e. The van der Waals surface area contributed by atoms with Gasteiger partial charge in [-0.2, -0.15) is 4.98 Å². The lowest BCUT2D eigenvalue weighted by Gasteiger charge is -2.48. The minimum atomic E-state index is -1.38. The molecule has 1 aliphatic carbocycles. The summed E-state index contributed by atoms with van der Waals surface area (Å²) >= 11 is 6.59. The van der Waals surface area contributed by atoms with Gasteiger partial charge in [0.2, 0.25) is 17.8 Å². The number of likely N-dealkylation sites (N-methyl/N-ethyl adjacent to an activating group) is 1. The van der Waals surface area contributed by atoms with Gasteiger partial charge in [-0.05, 0) is 89.1 Å². The highest BCUT2D eigenvalue weighted by Gasteiger charge is 2.45. The Morgan fingerprint density at radius 2 is 1.78 bits per heavy atom. The van der Waals surface area contributed by atoms with E-state index in [0.29, 0.717) is 67.5 Å². The lowest BCUT2D eigenvalue weighted by atomic mass is 9.80. The molecule has 5 aliphatic rings. The lowest BCUT2D eigenvalue weighted by Crippen LogP contribution is -2.54. The van der Waals surface area contributed by atoms with Gasteiger partial charge >= 0.3 is 0 Å². The Morgan fingerprint density at radius 3 is 2.49 bits per heavy atom. The fourth-order valence-corrected chi connectivity index (χ4v) is 10.0. The highest BCUT2D eigenvalue weighted by Crippen LogP contribution is 2.41. The summed E-state index contributed by atoms with van der Waals surface area (Å²) in [5, 5.41) is 20.9. The summed E-state index contributed by atoms with van der Waals surface area (Å²) in [5.74, 6) is -1.27. The zero-order valence-electron chi connectivity index (χ0n) is 36.6. The number of aliphatic hydroxyl groups is 1. The molecule has 4 aromatic rings. The van der Waals surface area contributed by atoms with Crippen LogP contribution in [0, 0.1) is 5.82 Å². The van der Waals surface area contributed by atoms with Gasteiger partial charge in [0.25, 0.3) is 17.4 Å². The molecule has 344 valence electrons. The van der Waals surface area contributed by atoms with Crippen molar-refractivity contribution < 1.29 is 38.1 Å². The number of aromatic nitrogens is 3. The van der Waals surface area contributed by atoms with Crippen LogP contribution in [0.4, 0.5) is 21.8 Å². The number of nitrogens with one attached hydrogen (secondary N) is 3. The van der Waals surface area contributed by atoms with Gasteiger partial charge in [-0.15, -0.1) is 0 Å². The minimum Gasteiger partial charge on any atom is -0.478 e. The third-order valence-corrected chi connectivity index (χ3v) is 13.9. The van der Waals surface area contributed by atoms with E-state index in [1.54, 1.807) is 22.9 Å². The highest BCUT2D eigenvalue weighted by atomic mass is 35.5. The molecule has 1 saturated carbocycles. The van der Waals surface area contributed by atoms with Crippen LogP contribution in [-0.4, -0.2) is 117 Å². The number of halogens is 2. The first-order chi connectivity index (χ1) is 31.2. The zero-order valence-corrected chi connectivity index (χ0v) is 37.3. The number of imide groups is 1. The monoisotopic (exact) mass is 913 g/mol. The number of piperidine rings is 3. The van der Waals surface area contributed by atoms with Crippen molar-refractivity contribution in [3.8, 4) is 5.75 Å². The molecular weight excluding hydrogens is 861 g/mol. The van der Waals surface area contributed by atoms with E-state index in [9.17, 15) is 29.1 Å². The summed E-state index contributed by atoms with van der Waals surface area (Å²) in [5.41, 5.74) is 0.253. The van der Waals surface area contributed by atoms with Crippen LogP contribution in [-0.2, 0) is 31.3 Å². The number of likely N-dealkylation sites (tertiary alicyclic amines) is 1. The van der Waals surface area contributed by atoms with E-state index in [1.165, 1.54) is 18.0 Å². The Labute approximate surface area is 379 Å². The first-order valence-electron chi connectivity index (χ1n) is 22.3. The van der Waals surface area contributed by atoms with Crippen LogP contribution in [0.25, 0.3) is 10.9 Å². The Hall–Kier alpha value is -5.69. The van der Waals surface area contributed by atoms with Crippen molar-refractivity contribution in [2.45, 2.75) is 108 Å². The standard InChI is InChI=1S/C46H53ClFN9O8/c1-25(2)57-35-7-4-27(18-26(35)19-37(44(57)62)64-24-39(59)49-3)51-41-34(47)22-50-45(53-41)55-14-10-29(11-15-55)65-30-20-28(21-30)54-16-12-46(63,13-17-54)33-6-5-31-32(40(33)48)23-56(43(31)61)36-8-9-38(58)52-42(36)60/h4-7,18-19,22,25,28-30,36,63H,8-17,20-21,23-24H2,1-3H3,(H,49,59)(H,50,51,53)(H,52,58,60)/t28-,30-,36?. The number of carbonyl (C=O) groups excluding carboxylic acids is 4. The maximum Gasteiger partial charge on any atom is 0.293 e. The number of hydrogen-bond acceptors (Lipinski definition) is 13. The van der Waals surface area contributed by atoms with Gasteiger partial charge in [-0.25, -0.2) is 9.37 Å². The van der Waals surface area contributed by atoms with Gasteiger partial charge in [0.15, 0.2) is 18.2 Å². The van der Waals surface area contributed by atoms with Crippen molar-refractivity contribution >= 4 is 63.6 Å². The van der Waals surface area contributed by atoms with Crippen LogP contribution in [0.1, 0.15) is 92.7 Å². The van der Waals surface area contributed by atoms with E-state index < -0.39 is 29.3 Å². The third kappa shape index (κ3) is 8.76. The molecule has 1 unspecified atom stereocenters. The Morgan fingerprint density at radius 1 is 1.03 bits per heavy atom. The first kappa shape index (κ1) is 44.5. The van der Waals surface area contributed by atoms with Crippen molar-refractivity contribution in [3.05, 3.63) is 80.5 Å². The van der Waals surface area contributed by atoms with Gasteiger partial charge in [-0.3, -0.25) is 34.2 Å². The van der Waals surface area contributed by atoms with E-state index in [-0.39, 0.29) is 84.1 Å². The average molecular weight is 914 g/mol. The van der Waals surface area contributed by atoms with Crippen molar-refractivity contribution in [1.82, 2.24) is 35.0 Å². The molecular formula is C46H53ClFN9O8. The summed E-state index contributed by atoms with van der Waals surface area (Å²) in [6.07, 6.45) is 6.19. The molecule has 0 radical (unpaired) electrons. The molecule has 17 nitrogen and oxygen atoms in total. The highest BCUT2D eigenvalue weighted by molar-refractivity contribution is 6.33. The first-order valence-corrected chi connectivity index (χ1v) is 22.7. The maximum atomic E-state index is 16.1. The van der Waals surface area contributed by atoms with Gasteiger partial charge in [0, 0.05) is 79.5 Å². The molecule has 0 bridgehead atoms. The quantitative estimate of drug-likeness (QED) is 0.147. The number of benzene rings is 2. The van der Waals surface area contributed by atoms with Crippen molar-refractivity contribution in [2.24, 2.45) is 0 Å². The minimum absolute atomic E-state index is 0.0763. The SMILES string of the molecule is CNC(=O)COc1cc2cc(Nc3nc(N4CCC(O[C@H]5C[C@H](N6CCC(O)(c7ccc8c(c7F)CN(C7CCC(=O)NC7=O)C8=O)CC6)C5)CC4)ncc3Cl)ccc2n(C(C)C)c1=O. The predicted octanol–water partition coefficient (Wildman–Crippen LogP) is 4.29. The van der Waals surface area contributed by atoms with Crippen LogP contribution in [0.2, 0.25) is 5.02 Å². The Kier molecular flexibility index (Phi) is 12.3. The number of rotatable bonds is 12.